The molecule has 0 bridgehead atoms. The number of hydrogen-bond acceptors (Lipinski definition) is 3. The van der Waals surface area contributed by atoms with Crippen LogP contribution in [0.1, 0.15) is 30.9 Å². The fourth-order valence-electron chi connectivity index (χ4n) is 2.69. The molecule has 0 aliphatic carbocycles. The molecule has 0 aliphatic heterocycles. The van der Waals surface area contributed by atoms with Crippen LogP contribution in [0, 0.1) is 0 Å². The summed E-state index contributed by atoms with van der Waals surface area (Å²) >= 11 is 0. The molecule has 0 heterocycles. The summed E-state index contributed by atoms with van der Waals surface area (Å²) in [6.07, 6.45) is 0. The van der Waals surface area contributed by atoms with Crippen LogP contribution in [-0.4, -0.2) is 31.0 Å². The Labute approximate surface area is 152 Å². The van der Waals surface area contributed by atoms with Crippen LogP contribution in [-0.2, 0) is 11.3 Å². The van der Waals surface area contributed by atoms with Crippen molar-refractivity contribution in [3.8, 4) is 5.75 Å². The van der Waals surface area contributed by atoms with Crippen LogP contribution in [0.2, 0.25) is 0 Å². The maximum Gasteiger partial charge on any atom is 0.387 e. The van der Waals surface area contributed by atoms with E-state index >= 15 is 0 Å². The number of carbonyl (C=O) groups excluding carboxylic acids is 1. The molecule has 0 radical (unpaired) electrons. The van der Waals surface area contributed by atoms with Crippen molar-refractivity contribution < 1.29 is 18.3 Å². The number of rotatable bonds is 8. The second-order valence-corrected chi connectivity index (χ2v) is 6.48. The third kappa shape index (κ3) is 6.11. The lowest BCUT2D eigenvalue weighted by Crippen LogP contribution is -2.30. The van der Waals surface area contributed by atoms with Crippen LogP contribution in [0.25, 0.3) is 0 Å². The molecule has 26 heavy (non-hydrogen) atoms. The van der Waals surface area contributed by atoms with Crippen LogP contribution < -0.4 is 10.1 Å². The number of alkyl halides is 2. The number of amides is 1. The Hall–Kier alpha value is -2.47. The lowest BCUT2D eigenvalue weighted by atomic mass is 10.0. The predicted molar refractivity (Wildman–Crippen MR) is 98.6 cm³/mol. The summed E-state index contributed by atoms with van der Waals surface area (Å²) < 4.78 is 28.6. The van der Waals surface area contributed by atoms with E-state index in [2.05, 4.69) is 23.9 Å². The average molecular weight is 362 g/mol. The smallest absolute Gasteiger partial charge is 0.387 e. The van der Waals surface area contributed by atoms with E-state index < -0.39 is 6.61 Å². The number of nitrogens with zero attached hydrogens (tertiary/aromatic N) is 1. The summed E-state index contributed by atoms with van der Waals surface area (Å²) in [4.78, 5) is 14.2. The molecule has 2 aromatic carbocycles. The Morgan fingerprint density at radius 3 is 2.38 bits per heavy atom. The molecule has 0 fully saturated rings. The van der Waals surface area contributed by atoms with Gasteiger partial charge in [0.1, 0.15) is 5.75 Å². The van der Waals surface area contributed by atoms with Crippen LogP contribution in [0.5, 0.6) is 5.75 Å². The van der Waals surface area contributed by atoms with Crippen LogP contribution >= 0.6 is 0 Å². The quantitative estimate of drug-likeness (QED) is 0.753. The molecular weight excluding hydrogens is 338 g/mol. The number of hydrogen-bond donors (Lipinski definition) is 1. The van der Waals surface area contributed by atoms with Gasteiger partial charge in [-0.1, -0.05) is 44.2 Å². The number of likely N-dealkylation sites (N-methyl/N-ethyl adjacent to an activating group) is 1. The first-order chi connectivity index (χ1) is 12.3. The second-order valence-electron chi connectivity index (χ2n) is 6.48. The van der Waals surface area contributed by atoms with Gasteiger partial charge in [0.25, 0.3) is 0 Å². The maximum atomic E-state index is 12.3. The largest absolute Gasteiger partial charge is 0.435 e. The Morgan fingerprint density at radius 2 is 1.77 bits per heavy atom. The van der Waals surface area contributed by atoms with E-state index in [1.165, 1.54) is 12.1 Å². The highest BCUT2D eigenvalue weighted by atomic mass is 19.3. The zero-order valence-electron chi connectivity index (χ0n) is 15.2. The zero-order valence-corrected chi connectivity index (χ0v) is 15.2. The molecule has 4 nitrogen and oxygen atoms in total. The summed E-state index contributed by atoms with van der Waals surface area (Å²) in [7, 11) is 1.83. The summed E-state index contributed by atoms with van der Waals surface area (Å²) in [5.74, 6) is 0.339. The van der Waals surface area contributed by atoms with Crippen molar-refractivity contribution in [3.63, 3.8) is 0 Å². The maximum absolute atomic E-state index is 12.3. The van der Waals surface area contributed by atoms with Gasteiger partial charge < -0.3 is 10.1 Å². The number of halogens is 2. The van der Waals surface area contributed by atoms with Gasteiger partial charge in [-0.15, -0.1) is 0 Å². The Bertz CT molecular complexity index is 718. The van der Waals surface area contributed by atoms with Crippen molar-refractivity contribution in [2.75, 3.05) is 18.9 Å². The number of nitrogens with one attached hydrogen (secondary N) is 1. The predicted octanol–water partition coefficient (Wildman–Crippen LogP) is 4.48. The molecule has 2 aromatic rings. The molecule has 1 N–H and O–H groups in total. The van der Waals surface area contributed by atoms with Crippen LogP contribution in [0.3, 0.4) is 0 Å². The SMILES string of the molecule is CC(C)c1ccccc1NC(=O)CN(C)Cc1ccc(OC(F)F)cc1. The van der Waals surface area contributed by atoms with Gasteiger partial charge in [-0.25, -0.2) is 0 Å². The summed E-state index contributed by atoms with van der Waals surface area (Å²) in [6, 6.07) is 14.2. The summed E-state index contributed by atoms with van der Waals surface area (Å²) in [5, 5.41) is 2.96. The molecule has 0 saturated heterocycles. The molecule has 0 atom stereocenters. The molecule has 0 spiro atoms. The van der Waals surface area contributed by atoms with Gasteiger partial charge >= 0.3 is 6.61 Å². The van der Waals surface area contributed by atoms with E-state index in [-0.39, 0.29) is 18.2 Å². The first-order valence-electron chi connectivity index (χ1n) is 8.46. The number of carbonyl (C=O) groups is 1. The fourth-order valence-corrected chi connectivity index (χ4v) is 2.69. The van der Waals surface area contributed by atoms with Crippen molar-refractivity contribution in [1.82, 2.24) is 4.90 Å². The van der Waals surface area contributed by atoms with Gasteiger partial charge in [0.2, 0.25) is 5.91 Å². The topological polar surface area (TPSA) is 41.6 Å². The standard InChI is InChI=1S/C20H24F2N2O2/c1-14(2)17-6-4-5-7-18(17)23-19(25)13-24(3)12-15-8-10-16(11-9-15)26-20(21)22/h4-11,14,20H,12-13H2,1-3H3,(H,23,25). The van der Waals surface area contributed by atoms with Crippen molar-refractivity contribution in [2.24, 2.45) is 0 Å². The number of benzene rings is 2. The Balaban J connectivity index is 1.89. The van der Waals surface area contributed by atoms with E-state index in [9.17, 15) is 13.6 Å². The molecule has 2 rings (SSSR count). The monoisotopic (exact) mass is 362 g/mol. The molecular formula is C20H24F2N2O2. The van der Waals surface area contributed by atoms with Crippen LogP contribution in [0.4, 0.5) is 14.5 Å². The number of ether oxygens (including phenoxy) is 1. The summed E-state index contributed by atoms with van der Waals surface area (Å²) in [5.41, 5.74) is 2.83. The molecule has 0 aromatic heterocycles. The van der Waals surface area contributed by atoms with Gasteiger partial charge in [0.15, 0.2) is 0 Å². The van der Waals surface area contributed by atoms with Crippen molar-refractivity contribution in [1.29, 1.82) is 0 Å². The van der Waals surface area contributed by atoms with Gasteiger partial charge in [0, 0.05) is 12.2 Å². The third-order valence-electron chi connectivity index (χ3n) is 3.87. The lowest BCUT2D eigenvalue weighted by Gasteiger charge is -2.18. The molecule has 0 saturated carbocycles. The molecule has 0 unspecified atom stereocenters. The minimum absolute atomic E-state index is 0.0988. The van der Waals surface area contributed by atoms with Gasteiger partial charge in [-0.3, -0.25) is 9.69 Å². The third-order valence-corrected chi connectivity index (χ3v) is 3.87. The fraction of sp³-hybridized carbons (Fsp3) is 0.350. The number of para-hydroxylation sites is 1. The van der Waals surface area contributed by atoms with Crippen LogP contribution in [0.15, 0.2) is 48.5 Å². The zero-order chi connectivity index (χ0) is 19.1. The minimum Gasteiger partial charge on any atom is -0.435 e. The van der Waals surface area contributed by atoms with Gasteiger partial charge in [-0.2, -0.15) is 8.78 Å². The van der Waals surface area contributed by atoms with Gasteiger partial charge in [0.05, 0.1) is 6.54 Å². The average Bonchev–Trinajstić information content (AvgIpc) is 2.56. The highest BCUT2D eigenvalue weighted by molar-refractivity contribution is 5.93. The lowest BCUT2D eigenvalue weighted by molar-refractivity contribution is -0.117. The highest BCUT2D eigenvalue weighted by Gasteiger charge is 2.12. The Kier molecular flexibility index (Phi) is 7.09. The van der Waals surface area contributed by atoms with E-state index in [4.69, 9.17) is 0 Å². The molecule has 140 valence electrons. The first-order valence-corrected chi connectivity index (χ1v) is 8.46. The summed E-state index contributed by atoms with van der Waals surface area (Å²) in [6.45, 7) is 2.08. The van der Waals surface area contributed by atoms with Gasteiger partial charge in [-0.05, 0) is 42.3 Å². The minimum atomic E-state index is -2.83. The Morgan fingerprint density at radius 1 is 1.12 bits per heavy atom. The van der Waals surface area contributed by atoms with E-state index in [0.29, 0.717) is 12.5 Å². The van der Waals surface area contributed by atoms with E-state index in [0.717, 1.165) is 16.8 Å². The number of anilines is 1. The van der Waals surface area contributed by atoms with Crippen molar-refractivity contribution >= 4 is 11.6 Å². The molecule has 0 aliphatic rings. The van der Waals surface area contributed by atoms with E-state index in [1.54, 1.807) is 12.1 Å². The van der Waals surface area contributed by atoms with Crippen molar-refractivity contribution in [2.45, 2.75) is 32.9 Å². The second kappa shape index (κ2) is 9.29. The highest BCUT2D eigenvalue weighted by Crippen LogP contribution is 2.23. The normalized spacial score (nSPS) is 11.2. The first kappa shape index (κ1) is 19.8. The van der Waals surface area contributed by atoms with E-state index in [1.807, 2.05) is 36.2 Å². The molecule has 1 amide bonds. The van der Waals surface area contributed by atoms with Crippen molar-refractivity contribution in [3.05, 3.63) is 59.7 Å². The molecule has 6 heteroatoms.